The Balaban J connectivity index is 1.29. The summed E-state index contributed by atoms with van der Waals surface area (Å²) in [5, 5.41) is 5.57. The maximum absolute atomic E-state index is 13.2. The zero-order valence-corrected chi connectivity index (χ0v) is 19.5. The first-order chi connectivity index (χ1) is 15.3. The Morgan fingerprint density at radius 3 is 2.56 bits per heavy atom. The van der Waals surface area contributed by atoms with Gasteiger partial charge >= 0.3 is 0 Å². The summed E-state index contributed by atoms with van der Waals surface area (Å²) in [6.45, 7) is 5.05. The molecule has 4 heterocycles. The number of carbonyl (C=O) groups excluding carboxylic acids is 1. The topological polar surface area (TPSA) is 75.5 Å². The molecule has 2 aliphatic rings. The van der Waals surface area contributed by atoms with Gasteiger partial charge in [0.25, 0.3) is 5.91 Å². The molecule has 2 fully saturated rings. The van der Waals surface area contributed by atoms with Crippen LogP contribution in [0.3, 0.4) is 0 Å². The van der Waals surface area contributed by atoms with E-state index >= 15 is 0 Å². The van der Waals surface area contributed by atoms with Crippen LogP contribution in [0.4, 0.5) is 4.39 Å². The van der Waals surface area contributed by atoms with Crippen LogP contribution in [0.5, 0.6) is 0 Å². The van der Waals surface area contributed by atoms with Crippen LogP contribution < -0.4 is 0 Å². The number of aryl methyl sites for hydroxylation is 1. The minimum atomic E-state index is -2.91. The summed E-state index contributed by atoms with van der Waals surface area (Å²) in [5.41, 5.74) is 1.81. The largest absolute Gasteiger partial charge is 0.335 e. The Morgan fingerprint density at radius 2 is 1.91 bits per heavy atom. The van der Waals surface area contributed by atoms with Gasteiger partial charge in [-0.2, -0.15) is 5.10 Å². The second-order valence-electron chi connectivity index (χ2n) is 8.58. The van der Waals surface area contributed by atoms with E-state index in [0.717, 1.165) is 21.5 Å². The molecule has 1 amide bonds. The molecular formula is C22H25FN4O3S2. The quantitative estimate of drug-likeness (QED) is 0.579. The van der Waals surface area contributed by atoms with Crippen molar-refractivity contribution in [1.29, 1.82) is 0 Å². The summed E-state index contributed by atoms with van der Waals surface area (Å²) in [7, 11) is -2.91. The molecule has 170 valence electrons. The summed E-state index contributed by atoms with van der Waals surface area (Å²) in [5.74, 6) is 0.250. The van der Waals surface area contributed by atoms with Crippen molar-refractivity contribution in [2.45, 2.75) is 25.9 Å². The van der Waals surface area contributed by atoms with Crippen LogP contribution in [0.15, 0.2) is 30.3 Å². The number of hydrogen-bond donors (Lipinski definition) is 0. The van der Waals surface area contributed by atoms with Crippen LogP contribution in [0, 0.1) is 12.7 Å². The smallest absolute Gasteiger partial charge is 0.264 e. The highest BCUT2D eigenvalue weighted by atomic mass is 32.2. The molecule has 2 aromatic heterocycles. The van der Waals surface area contributed by atoms with Crippen LogP contribution in [0.2, 0.25) is 0 Å². The summed E-state index contributed by atoms with van der Waals surface area (Å²) >= 11 is 1.44. The van der Waals surface area contributed by atoms with Gasteiger partial charge in [0.2, 0.25) is 0 Å². The third-order valence-corrected chi connectivity index (χ3v) is 9.28. The van der Waals surface area contributed by atoms with Crippen LogP contribution in [0.25, 0.3) is 10.2 Å². The van der Waals surface area contributed by atoms with Crippen LogP contribution in [-0.4, -0.2) is 77.6 Å². The average Bonchev–Trinajstić information content (AvgIpc) is 3.45. The van der Waals surface area contributed by atoms with E-state index in [1.165, 1.54) is 23.5 Å². The number of piperazine rings is 1. The zero-order chi connectivity index (χ0) is 22.5. The summed E-state index contributed by atoms with van der Waals surface area (Å²) in [6.07, 6.45) is 0.691. The normalized spacial score (nSPS) is 21.4. The van der Waals surface area contributed by atoms with E-state index in [4.69, 9.17) is 0 Å². The molecule has 0 aliphatic carbocycles. The van der Waals surface area contributed by atoms with E-state index in [0.29, 0.717) is 44.0 Å². The molecule has 2 aliphatic heterocycles. The Labute approximate surface area is 190 Å². The number of rotatable bonds is 4. The second-order valence-corrected chi connectivity index (χ2v) is 11.8. The second kappa shape index (κ2) is 8.24. The third kappa shape index (κ3) is 4.18. The summed E-state index contributed by atoms with van der Waals surface area (Å²) in [4.78, 5) is 18.9. The van der Waals surface area contributed by atoms with Crippen molar-refractivity contribution < 1.29 is 17.6 Å². The number of carbonyl (C=O) groups is 1. The van der Waals surface area contributed by atoms with Crippen LogP contribution in [-0.2, 0) is 16.4 Å². The first-order valence-electron chi connectivity index (χ1n) is 10.7. The van der Waals surface area contributed by atoms with Gasteiger partial charge in [-0.15, -0.1) is 11.3 Å². The molecule has 0 bridgehead atoms. The molecule has 0 radical (unpaired) electrons. The predicted octanol–water partition coefficient (Wildman–Crippen LogP) is 2.54. The van der Waals surface area contributed by atoms with Gasteiger partial charge in [0.05, 0.1) is 28.6 Å². The molecule has 10 heteroatoms. The van der Waals surface area contributed by atoms with Crippen LogP contribution in [0.1, 0.15) is 27.3 Å². The number of benzene rings is 1. The number of halogens is 1. The van der Waals surface area contributed by atoms with E-state index in [2.05, 4.69) is 10.00 Å². The van der Waals surface area contributed by atoms with E-state index in [9.17, 15) is 17.6 Å². The highest BCUT2D eigenvalue weighted by Gasteiger charge is 2.34. The number of nitrogens with zero attached hydrogens (tertiary/aromatic N) is 4. The maximum Gasteiger partial charge on any atom is 0.264 e. The maximum atomic E-state index is 13.2. The van der Waals surface area contributed by atoms with Gasteiger partial charge in [-0.05, 0) is 37.1 Å². The highest BCUT2D eigenvalue weighted by Crippen LogP contribution is 2.30. The van der Waals surface area contributed by atoms with Crippen molar-refractivity contribution in [3.8, 4) is 0 Å². The van der Waals surface area contributed by atoms with Crippen molar-refractivity contribution in [3.05, 3.63) is 52.3 Å². The fourth-order valence-corrected chi connectivity index (χ4v) is 7.49. The van der Waals surface area contributed by atoms with Crippen molar-refractivity contribution >= 4 is 37.3 Å². The minimum Gasteiger partial charge on any atom is -0.335 e. The number of sulfone groups is 1. The molecule has 1 aromatic carbocycles. The van der Waals surface area contributed by atoms with E-state index in [1.807, 2.05) is 22.6 Å². The van der Waals surface area contributed by atoms with Crippen molar-refractivity contribution in [3.63, 3.8) is 0 Å². The molecule has 1 atom stereocenters. The third-order valence-electron chi connectivity index (χ3n) is 6.39. The number of fused-ring (bicyclic) bond motifs is 1. The molecule has 5 rings (SSSR count). The highest BCUT2D eigenvalue weighted by molar-refractivity contribution is 7.91. The Morgan fingerprint density at radius 1 is 1.19 bits per heavy atom. The van der Waals surface area contributed by atoms with Gasteiger partial charge in [-0.3, -0.25) is 14.4 Å². The van der Waals surface area contributed by atoms with Gasteiger partial charge in [-0.25, -0.2) is 12.8 Å². The van der Waals surface area contributed by atoms with Gasteiger partial charge < -0.3 is 4.90 Å². The fourth-order valence-electron chi connectivity index (χ4n) is 4.60. The Bertz CT molecular complexity index is 1260. The van der Waals surface area contributed by atoms with Crippen molar-refractivity contribution in [2.75, 3.05) is 37.7 Å². The number of amides is 1. The average molecular weight is 477 g/mol. The van der Waals surface area contributed by atoms with E-state index in [-0.39, 0.29) is 29.3 Å². The zero-order valence-electron chi connectivity index (χ0n) is 17.8. The lowest BCUT2D eigenvalue weighted by Gasteiger charge is -2.37. The van der Waals surface area contributed by atoms with Crippen molar-refractivity contribution in [1.82, 2.24) is 19.6 Å². The summed E-state index contributed by atoms with van der Waals surface area (Å²) in [6, 6.07) is 8.36. The number of hydrogen-bond acceptors (Lipinski definition) is 6. The SMILES string of the molecule is Cc1nn(Cc2ccc(F)cc2)c2sc(C(=O)N3CCN([C@@H]4CCS(=O)(=O)C4)CC3)cc12. The lowest BCUT2D eigenvalue weighted by molar-refractivity contribution is 0.0592. The van der Waals surface area contributed by atoms with Crippen molar-refractivity contribution in [2.24, 2.45) is 0 Å². The molecule has 0 spiro atoms. The van der Waals surface area contributed by atoms with Gasteiger partial charge in [0, 0.05) is 37.6 Å². The summed E-state index contributed by atoms with van der Waals surface area (Å²) < 4.78 is 38.6. The monoisotopic (exact) mass is 476 g/mol. The molecule has 0 saturated carbocycles. The molecule has 0 N–H and O–H groups in total. The molecular weight excluding hydrogens is 451 g/mol. The number of thiophene rings is 1. The Hall–Kier alpha value is -2.30. The number of aromatic nitrogens is 2. The molecule has 2 saturated heterocycles. The first-order valence-corrected chi connectivity index (χ1v) is 13.4. The molecule has 32 heavy (non-hydrogen) atoms. The van der Waals surface area contributed by atoms with Crippen LogP contribution >= 0.6 is 11.3 Å². The molecule has 0 unspecified atom stereocenters. The minimum absolute atomic E-state index is 0.0117. The predicted molar refractivity (Wildman–Crippen MR) is 122 cm³/mol. The molecule has 3 aromatic rings. The van der Waals surface area contributed by atoms with E-state index in [1.54, 1.807) is 12.1 Å². The molecule has 7 nitrogen and oxygen atoms in total. The lowest BCUT2D eigenvalue weighted by atomic mass is 10.2. The van der Waals surface area contributed by atoms with Gasteiger partial charge in [0.15, 0.2) is 9.84 Å². The standard InChI is InChI=1S/C22H25FN4O3S2/c1-15-19-12-20(31-22(19)27(24-15)13-16-2-4-17(23)5-3-16)21(28)26-9-7-25(8-10-26)18-6-11-32(29,30)14-18/h2-5,12,18H,6-11,13-14H2,1H3/t18-/m1/s1. The van der Waals surface area contributed by atoms with E-state index < -0.39 is 9.84 Å². The van der Waals surface area contributed by atoms with Gasteiger partial charge in [0.1, 0.15) is 10.6 Å². The Kier molecular flexibility index (Phi) is 5.55. The fraction of sp³-hybridized carbons (Fsp3) is 0.455. The first kappa shape index (κ1) is 21.5. The lowest BCUT2D eigenvalue weighted by Crippen LogP contribution is -2.52. The van der Waals surface area contributed by atoms with Gasteiger partial charge in [-0.1, -0.05) is 12.1 Å².